The van der Waals surface area contributed by atoms with Crippen LogP contribution in [0.4, 0.5) is 0 Å². The minimum Gasteiger partial charge on any atom is -0.352 e. The SMILES string of the molecule is CC[C@@H](C)NC(=O)[C@@H](Cc1ccccc1)N(Cc1ccc(Cl)cc1Cl)C(=O)Cc1ccccc1. The van der Waals surface area contributed by atoms with Crippen molar-refractivity contribution in [1.29, 1.82) is 0 Å². The maximum atomic E-state index is 13.7. The van der Waals surface area contributed by atoms with E-state index < -0.39 is 6.04 Å². The van der Waals surface area contributed by atoms with E-state index in [4.69, 9.17) is 23.2 Å². The van der Waals surface area contributed by atoms with Crippen LogP contribution in [0.1, 0.15) is 37.0 Å². The average molecular weight is 497 g/mol. The normalized spacial score (nSPS) is 12.6. The van der Waals surface area contributed by atoms with Gasteiger partial charge in [-0.2, -0.15) is 0 Å². The van der Waals surface area contributed by atoms with E-state index in [1.54, 1.807) is 23.1 Å². The zero-order valence-electron chi connectivity index (χ0n) is 19.5. The predicted octanol–water partition coefficient (Wildman–Crippen LogP) is 6.09. The number of hydrogen-bond donors (Lipinski definition) is 1. The molecule has 0 aliphatic rings. The fourth-order valence-corrected chi connectivity index (χ4v) is 4.17. The van der Waals surface area contributed by atoms with E-state index in [2.05, 4.69) is 5.32 Å². The standard InChI is InChI=1S/C28H30Cl2N2O2/c1-3-20(2)31-28(34)26(16-21-10-6-4-7-11-21)32(19-23-14-15-24(29)18-25(23)30)27(33)17-22-12-8-5-9-13-22/h4-15,18,20,26H,3,16-17,19H2,1-2H3,(H,31,34)/t20-,26-/m1/s1. The molecule has 178 valence electrons. The Morgan fingerprint density at radius 3 is 2.12 bits per heavy atom. The zero-order chi connectivity index (χ0) is 24.5. The highest BCUT2D eigenvalue weighted by Crippen LogP contribution is 2.24. The van der Waals surface area contributed by atoms with Gasteiger partial charge in [0.15, 0.2) is 0 Å². The van der Waals surface area contributed by atoms with E-state index in [1.165, 1.54) is 0 Å². The van der Waals surface area contributed by atoms with E-state index in [9.17, 15) is 9.59 Å². The topological polar surface area (TPSA) is 49.4 Å². The Morgan fingerprint density at radius 1 is 0.912 bits per heavy atom. The molecule has 3 rings (SSSR count). The van der Waals surface area contributed by atoms with Crippen molar-refractivity contribution >= 4 is 35.0 Å². The number of benzene rings is 3. The Morgan fingerprint density at radius 2 is 1.53 bits per heavy atom. The first-order valence-electron chi connectivity index (χ1n) is 11.5. The molecule has 0 saturated carbocycles. The predicted molar refractivity (Wildman–Crippen MR) is 139 cm³/mol. The Hall–Kier alpha value is -2.82. The summed E-state index contributed by atoms with van der Waals surface area (Å²) in [5, 5.41) is 4.06. The zero-order valence-corrected chi connectivity index (χ0v) is 21.0. The first kappa shape index (κ1) is 25.8. The molecule has 0 spiro atoms. The van der Waals surface area contributed by atoms with E-state index in [0.29, 0.717) is 16.5 Å². The van der Waals surface area contributed by atoms with Crippen molar-refractivity contribution in [3.8, 4) is 0 Å². The molecule has 1 N–H and O–H groups in total. The second kappa shape index (κ2) is 12.6. The van der Waals surface area contributed by atoms with Crippen LogP contribution < -0.4 is 5.32 Å². The third-order valence-electron chi connectivity index (χ3n) is 5.83. The van der Waals surface area contributed by atoms with Crippen molar-refractivity contribution in [2.24, 2.45) is 0 Å². The number of halogens is 2. The van der Waals surface area contributed by atoms with Crippen LogP contribution in [0.3, 0.4) is 0 Å². The van der Waals surface area contributed by atoms with Gasteiger partial charge in [-0.25, -0.2) is 0 Å². The van der Waals surface area contributed by atoms with Crippen LogP contribution in [0.2, 0.25) is 10.0 Å². The van der Waals surface area contributed by atoms with Crippen LogP contribution in [-0.4, -0.2) is 28.8 Å². The third kappa shape index (κ3) is 7.34. The van der Waals surface area contributed by atoms with Crippen LogP contribution in [-0.2, 0) is 29.0 Å². The quantitative estimate of drug-likeness (QED) is 0.369. The molecule has 0 bridgehead atoms. The van der Waals surface area contributed by atoms with Gasteiger partial charge in [0.05, 0.1) is 6.42 Å². The summed E-state index contributed by atoms with van der Waals surface area (Å²) in [5.41, 5.74) is 2.61. The lowest BCUT2D eigenvalue weighted by Crippen LogP contribution is -2.52. The average Bonchev–Trinajstić information content (AvgIpc) is 2.83. The van der Waals surface area contributed by atoms with Gasteiger partial charge in [0.2, 0.25) is 11.8 Å². The number of nitrogens with zero attached hydrogens (tertiary/aromatic N) is 1. The summed E-state index contributed by atoms with van der Waals surface area (Å²) in [5.74, 6) is -0.317. The molecule has 0 radical (unpaired) electrons. The van der Waals surface area contributed by atoms with Crippen molar-refractivity contribution in [3.05, 3.63) is 106 Å². The molecule has 0 fully saturated rings. The molecule has 0 aliphatic heterocycles. The summed E-state index contributed by atoms with van der Waals surface area (Å²) in [7, 11) is 0. The van der Waals surface area contributed by atoms with E-state index >= 15 is 0 Å². The molecule has 0 aliphatic carbocycles. The van der Waals surface area contributed by atoms with Crippen molar-refractivity contribution in [2.45, 2.75) is 51.7 Å². The summed E-state index contributed by atoms with van der Waals surface area (Å²) < 4.78 is 0. The van der Waals surface area contributed by atoms with E-state index in [-0.39, 0.29) is 30.8 Å². The van der Waals surface area contributed by atoms with Crippen LogP contribution in [0, 0.1) is 0 Å². The molecule has 4 nitrogen and oxygen atoms in total. The minimum atomic E-state index is -0.695. The molecule has 2 atom stereocenters. The summed E-state index contributed by atoms with van der Waals surface area (Å²) in [4.78, 5) is 28.8. The highest BCUT2D eigenvalue weighted by Gasteiger charge is 2.31. The maximum Gasteiger partial charge on any atom is 0.243 e. The first-order valence-corrected chi connectivity index (χ1v) is 12.2. The Balaban J connectivity index is 1.99. The summed E-state index contributed by atoms with van der Waals surface area (Å²) in [6, 6.07) is 23.8. The molecule has 3 aromatic carbocycles. The first-order chi connectivity index (χ1) is 16.4. The fourth-order valence-electron chi connectivity index (χ4n) is 3.70. The number of rotatable bonds is 10. The van der Waals surface area contributed by atoms with Gasteiger partial charge >= 0.3 is 0 Å². The van der Waals surface area contributed by atoms with Crippen LogP contribution in [0.15, 0.2) is 78.9 Å². The van der Waals surface area contributed by atoms with Crippen molar-refractivity contribution in [3.63, 3.8) is 0 Å². The molecule has 2 amide bonds. The largest absolute Gasteiger partial charge is 0.352 e. The second-order valence-electron chi connectivity index (χ2n) is 8.44. The number of carbonyl (C=O) groups is 2. The molecular formula is C28H30Cl2N2O2. The van der Waals surface area contributed by atoms with E-state index in [0.717, 1.165) is 23.1 Å². The van der Waals surface area contributed by atoms with Crippen LogP contribution >= 0.6 is 23.2 Å². The lowest BCUT2D eigenvalue weighted by Gasteiger charge is -2.32. The van der Waals surface area contributed by atoms with Gasteiger partial charge in [0.1, 0.15) is 6.04 Å². The van der Waals surface area contributed by atoms with Crippen molar-refractivity contribution < 1.29 is 9.59 Å². The molecule has 3 aromatic rings. The molecular weight excluding hydrogens is 467 g/mol. The number of amides is 2. The van der Waals surface area contributed by atoms with Crippen LogP contribution in [0.25, 0.3) is 0 Å². The minimum absolute atomic E-state index is 0.00373. The smallest absolute Gasteiger partial charge is 0.243 e. The highest BCUT2D eigenvalue weighted by atomic mass is 35.5. The summed E-state index contributed by atoms with van der Waals surface area (Å²) >= 11 is 12.6. The van der Waals surface area contributed by atoms with Gasteiger partial charge < -0.3 is 10.2 Å². The molecule has 6 heteroatoms. The number of carbonyl (C=O) groups excluding carboxylic acids is 2. The Kier molecular flexibility index (Phi) is 9.55. The van der Waals surface area contributed by atoms with Gasteiger partial charge in [-0.1, -0.05) is 96.9 Å². The summed E-state index contributed by atoms with van der Waals surface area (Å²) in [6.07, 6.45) is 1.38. The van der Waals surface area contributed by atoms with Crippen LogP contribution in [0.5, 0.6) is 0 Å². The highest BCUT2D eigenvalue weighted by molar-refractivity contribution is 6.35. The Bertz CT molecular complexity index is 1090. The van der Waals surface area contributed by atoms with Gasteiger partial charge in [0.25, 0.3) is 0 Å². The van der Waals surface area contributed by atoms with Gasteiger partial charge in [0, 0.05) is 29.1 Å². The molecule has 0 unspecified atom stereocenters. The number of hydrogen-bond acceptors (Lipinski definition) is 2. The van der Waals surface area contributed by atoms with Crippen molar-refractivity contribution in [1.82, 2.24) is 10.2 Å². The molecule has 0 aromatic heterocycles. The third-order valence-corrected chi connectivity index (χ3v) is 6.41. The van der Waals surface area contributed by atoms with Gasteiger partial charge in [-0.05, 0) is 42.2 Å². The number of nitrogens with one attached hydrogen (secondary N) is 1. The molecule has 0 heterocycles. The second-order valence-corrected chi connectivity index (χ2v) is 9.29. The molecule has 34 heavy (non-hydrogen) atoms. The summed E-state index contributed by atoms with van der Waals surface area (Å²) in [6.45, 7) is 4.18. The van der Waals surface area contributed by atoms with E-state index in [1.807, 2.05) is 74.5 Å². The van der Waals surface area contributed by atoms with Gasteiger partial charge in [-0.3, -0.25) is 9.59 Å². The Labute approximate surface area is 211 Å². The lowest BCUT2D eigenvalue weighted by atomic mass is 10.0. The lowest BCUT2D eigenvalue weighted by molar-refractivity contribution is -0.141. The fraction of sp³-hybridized carbons (Fsp3) is 0.286. The van der Waals surface area contributed by atoms with Crippen molar-refractivity contribution in [2.75, 3.05) is 0 Å². The monoisotopic (exact) mass is 496 g/mol. The maximum absolute atomic E-state index is 13.7. The van der Waals surface area contributed by atoms with Gasteiger partial charge in [-0.15, -0.1) is 0 Å². The molecule has 0 saturated heterocycles.